The highest BCUT2D eigenvalue weighted by atomic mass is 127. The average Bonchev–Trinajstić information content (AvgIpc) is 2.21. The van der Waals surface area contributed by atoms with Crippen molar-refractivity contribution in [2.45, 2.75) is 12.8 Å². The molecule has 4 heteroatoms. The first-order valence-electron chi connectivity index (χ1n) is 4.37. The molecular weight excluding hydrogens is 291 g/mol. The number of carbonyl (C=O) groups is 1. The Balaban J connectivity index is 2.23. The Morgan fingerprint density at radius 1 is 1.21 bits per heavy atom. The summed E-state index contributed by atoms with van der Waals surface area (Å²) in [6.45, 7) is 0. The number of halogens is 1. The average molecular weight is 300 g/mol. The molecule has 0 radical (unpaired) electrons. The Labute approximate surface area is 95.7 Å². The summed E-state index contributed by atoms with van der Waals surface area (Å²) in [6.07, 6.45) is 1.26. The predicted octanol–water partition coefficient (Wildman–Crippen LogP) is 1.91. The number of hydrazone groups is 1. The molecule has 0 unspecified atom stereocenters. The van der Waals surface area contributed by atoms with Crippen LogP contribution in [0.2, 0.25) is 0 Å². The third kappa shape index (κ3) is 2.12. The van der Waals surface area contributed by atoms with Gasteiger partial charge in [0.05, 0.1) is 5.71 Å². The zero-order valence-corrected chi connectivity index (χ0v) is 9.61. The van der Waals surface area contributed by atoms with E-state index >= 15 is 0 Å². The predicted molar refractivity (Wildman–Crippen MR) is 63.1 cm³/mol. The zero-order chi connectivity index (χ0) is 9.97. The maximum absolute atomic E-state index is 10.9. The number of nitrogens with one attached hydrogen (secondary N) is 1. The Bertz CT molecular complexity index is 384. The van der Waals surface area contributed by atoms with Crippen LogP contribution in [0.1, 0.15) is 18.4 Å². The normalized spacial score (nSPS) is 16.1. The van der Waals surface area contributed by atoms with Crippen molar-refractivity contribution in [2.24, 2.45) is 5.10 Å². The van der Waals surface area contributed by atoms with Crippen LogP contribution in [-0.2, 0) is 4.79 Å². The molecule has 1 aliphatic rings. The first kappa shape index (κ1) is 9.64. The summed E-state index contributed by atoms with van der Waals surface area (Å²) in [5, 5.41) is 4.03. The third-order valence-electron chi connectivity index (χ3n) is 2.08. The van der Waals surface area contributed by atoms with E-state index in [1.165, 1.54) is 3.57 Å². The summed E-state index contributed by atoms with van der Waals surface area (Å²) >= 11 is 2.26. The van der Waals surface area contributed by atoms with Gasteiger partial charge in [0.1, 0.15) is 0 Å². The van der Waals surface area contributed by atoms with E-state index in [1.807, 2.05) is 24.3 Å². The second-order valence-electron chi connectivity index (χ2n) is 3.10. The van der Waals surface area contributed by atoms with Gasteiger partial charge in [-0.25, -0.2) is 5.43 Å². The number of hydrogen-bond acceptors (Lipinski definition) is 2. The maximum atomic E-state index is 10.9. The summed E-state index contributed by atoms with van der Waals surface area (Å²) in [5.41, 5.74) is 4.54. The standard InChI is InChI=1S/C10H9IN2O/c11-8-3-1-7(2-4-8)9-5-6-10(14)13-12-9/h1-4H,5-6H2,(H,13,14). The molecule has 14 heavy (non-hydrogen) atoms. The van der Waals surface area contributed by atoms with E-state index in [2.05, 4.69) is 33.1 Å². The van der Waals surface area contributed by atoms with Gasteiger partial charge in [-0.3, -0.25) is 4.79 Å². The highest BCUT2D eigenvalue weighted by Gasteiger charge is 2.12. The lowest BCUT2D eigenvalue weighted by Crippen LogP contribution is -2.25. The van der Waals surface area contributed by atoms with Crippen molar-refractivity contribution in [3.8, 4) is 0 Å². The van der Waals surface area contributed by atoms with Crippen LogP contribution in [0.25, 0.3) is 0 Å². The van der Waals surface area contributed by atoms with Gasteiger partial charge in [0.25, 0.3) is 0 Å². The van der Waals surface area contributed by atoms with Gasteiger partial charge in [-0.2, -0.15) is 5.10 Å². The van der Waals surface area contributed by atoms with Gasteiger partial charge in [-0.15, -0.1) is 0 Å². The largest absolute Gasteiger partial charge is 0.273 e. The van der Waals surface area contributed by atoms with E-state index in [0.717, 1.165) is 17.7 Å². The minimum absolute atomic E-state index is 0.000684. The summed E-state index contributed by atoms with van der Waals surface area (Å²) in [4.78, 5) is 10.9. The Hall–Kier alpha value is -0.910. The van der Waals surface area contributed by atoms with Crippen LogP contribution in [0.3, 0.4) is 0 Å². The van der Waals surface area contributed by atoms with Crippen LogP contribution in [0.4, 0.5) is 0 Å². The molecule has 1 N–H and O–H groups in total. The maximum Gasteiger partial charge on any atom is 0.240 e. The molecule has 0 aliphatic carbocycles. The topological polar surface area (TPSA) is 41.5 Å². The number of rotatable bonds is 1. The fraction of sp³-hybridized carbons (Fsp3) is 0.200. The van der Waals surface area contributed by atoms with Crippen LogP contribution >= 0.6 is 22.6 Å². The number of carbonyl (C=O) groups excluding carboxylic acids is 1. The molecule has 3 nitrogen and oxygen atoms in total. The van der Waals surface area contributed by atoms with E-state index in [9.17, 15) is 4.79 Å². The molecule has 0 aromatic heterocycles. The lowest BCUT2D eigenvalue weighted by atomic mass is 10.1. The number of hydrogen-bond donors (Lipinski definition) is 1. The SMILES string of the molecule is O=C1CCC(c2ccc(I)cc2)=NN1. The van der Waals surface area contributed by atoms with Crippen molar-refractivity contribution in [2.75, 3.05) is 0 Å². The van der Waals surface area contributed by atoms with Gasteiger partial charge in [-0.1, -0.05) is 12.1 Å². The van der Waals surface area contributed by atoms with Crippen LogP contribution in [0.5, 0.6) is 0 Å². The lowest BCUT2D eigenvalue weighted by molar-refractivity contribution is -0.121. The van der Waals surface area contributed by atoms with E-state index < -0.39 is 0 Å². The molecular formula is C10H9IN2O. The summed E-state index contributed by atoms with van der Waals surface area (Å²) in [6, 6.07) is 8.12. The molecule has 1 aliphatic heterocycles. The number of amides is 1. The van der Waals surface area contributed by atoms with Gasteiger partial charge in [0.2, 0.25) is 5.91 Å². The Morgan fingerprint density at radius 3 is 2.50 bits per heavy atom. The van der Waals surface area contributed by atoms with Crippen LogP contribution in [0, 0.1) is 3.57 Å². The second kappa shape index (κ2) is 4.08. The first-order chi connectivity index (χ1) is 6.75. The van der Waals surface area contributed by atoms with Crippen molar-refractivity contribution in [1.82, 2.24) is 5.43 Å². The van der Waals surface area contributed by atoms with E-state index in [4.69, 9.17) is 0 Å². The Morgan fingerprint density at radius 2 is 1.93 bits per heavy atom. The minimum atomic E-state index is -0.000684. The highest BCUT2D eigenvalue weighted by Crippen LogP contribution is 2.12. The molecule has 1 aromatic rings. The van der Waals surface area contributed by atoms with E-state index in [-0.39, 0.29) is 5.91 Å². The van der Waals surface area contributed by atoms with E-state index in [0.29, 0.717) is 6.42 Å². The van der Waals surface area contributed by atoms with Gasteiger partial charge in [0.15, 0.2) is 0 Å². The molecule has 1 amide bonds. The van der Waals surface area contributed by atoms with Gasteiger partial charge in [0, 0.05) is 16.4 Å². The zero-order valence-electron chi connectivity index (χ0n) is 7.46. The second-order valence-corrected chi connectivity index (χ2v) is 4.35. The quantitative estimate of drug-likeness (QED) is 0.791. The molecule has 0 atom stereocenters. The smallest absolute Gasteiger partial charge is 0.240 e. The van der Waals surface area contributed by atoms with Gasteiger partial charge < -0.3 is 0 Å². The minimum Gasteiger partial charge on any atom is -0.273 e. The molecule has 0 fully saturated rings. The number of nitrogens with zero attached hydrogens (tertiary/aromatic N) is 1. The fourth-order valence-corrected chi connectivity index (χ4v) is 1.68. The van der Waals surface area contributed by atoms with Crippen molar-refractivity contribution in [3.05, 3.63) is 33.4 Å². The molecule has 0 saturated carbocycles. The molecule has 1 aromatic carbocycles. The monoisotopic (exact) mass is 300 g/mol. The molecule has 0 bridgehead atoms. The molecule has 2 rings (SSSR count). The van der Waals surface area contributed by atoms with Crippen LogP contribution in [0.15, 0.2) is 29.4 Å². The van der Waals surface area contributed by atoms with Gasteiger partial charge >= 0.3 is 0 Å². The summed E-state index contributed by atoms with van der Waals surface area (Å²) in [5.74, 6) is -0.000684. The lowest BCUT2D eigenvalue weighted by Gasteiger charge is -2.11. The summed E-state index contributed by atoms with van der Waals surface area (Å²) in [7, 11) is 0. The molecule has 1 heterocycles. The molecule has 0 saturated heterocycles. The fourth-order valence-electron chi connectivity index (χ4n) is 1.32. The molecule has 0 spiro atoms. The van der Waals surface area contributed by atoms with Crippen molar-refractivity contribution >= 4 is 34.2 Å². The van der Waals surface area contributed by atoms with E-state index in [1.54, 1.807) is 0 Å². The van der Waals surface area contributed by atoms with Gasteiger partial charge in [-0.05, 0) is 40.3 Å². The highest BCUT2D eigenvalue weighted by molar-refractivity contribution is 14.1. The first-order valence-corrected chi connectivity index (χ1v) is 5.45. The van der Waals surface area contributed by atoms with Crippen molar-refractivity contribution in [3.63, 3.8) is 0 Å². The Kier molecular flexibility index (Phi) is 2.81. The van der Waals surface area contributed by atoms with Crippen LogP contribution < -0.4 is 5.43 Å². The number of benzene rings is 1. The third-order valence-corrected chi connectivity index (χ3v) is 2.80. The molecule has 72 valence electrons. The van der Waals surface area contributed by atoms with Crippen molar-refractivity contribution < 1.29 is 4.79 Å². The van der Waals surface area contributed by atoms with Crippen molar-refractivity contribution in [1.29, 1.82) is 0 Å². The van der Waals surface area contributed by atoms with Crippen LogP contribution in [-0.4, -0.2) is 11.6 Å². The summed E-state index contributed by atoms with van der Waals surface area (Å²) < 4.78 is 1.20.